The Hall–Kier alpha value is -2.41. The molecule has 0 N–H and O–H groups in total. The normalized spacial score (nSPS) is 11.0. The summed E-state index contributed by atoms with van der Waals surface area (Å²) in [5, 5.41) is 0. The zero-order valence-corrected chi connectivity index (χ0v) is 18.2. The Kier molecular flexibility index (Phi) is 6.67. The second-order valence-electron chi connectivity index (χ2n) is 6.50. The minimum Gasteiger partial charge on any atom is -0.493 e. The lowest BCUT2D eigenvalue weighted by Gasteiger charge is -2.13. The summed E-state index contributed by atoms with van der Waals surface area (Å²) in [6, 6.07) is 16.4. The summed E-state index contributed by atoms with van der Waals surface area (Å²) < 4.78 is 25.7. The molecule has 0 radical (unpaired) electrons. The number of methoxy groups -OCH3 is 1. The van der Waals surface area contributed by atoms with Gasteiger partial charge < -0.3 is 9.47 Å². The summed E-state index contributed by atoms with van der Waals surface area (Å²) in [6.07, 6.45) is 1.82. The molecule has 3 rings (SSSR count). The zero-order valence-electron chi connectivity index (χ0n) is 16.0. The van der Waals surface area contributed by atoms with Crippen molar-refractivity contribution in [2.45, 2.75) is 20.5 Å². The van der Waals surface area contributed by atoms with Gasteiger partial charge in [-0.25, -0.2) is 4.39 Å². The van der Waals surface area contributed by atoms with E-state index in [1.165, 1.54) is 17.7 Å². The molecule has 0 bridgehead atoms. The molecule has 0 fully saturated rings. The van der Waals surface area contributed by atoms with E-state index in [2.05, 4.69) is 52.7 Å². The maximum Gasteiger partial charge on any atom is 0.174 e. The van der Waals surface area contributed by atoms with Gasteiger partial charge in [-0.1, -0.05) is 24.3 Å². The van der Waals surface area contributed by atoms with Gasteiger partial charge in [-0.15, -0.1) is 0 Å². The van der Waals surface area contributed by atoms with Gasteiger partial charge in [0.25, 0.3) is 0 Å². The van der Waals surface area contributed by atoms with Crippen molar-refractivity contribution < 1.29 is 13.9 Å². The van der Waals surface area contributed by atoms with Crippen LogP contribution in [-0.2, 0) is 6.61 Å². The van der Waals surface area contributed by atoms with Crippen LogP contribution in [0.2, 0.25) is 0 Å². The molecule has 3 nitrogen and oxygen atoms in total. The van der Waals surface area contributed by atoms with Crippen molar-refractivity contribution >= 4 is 34.5 Å². The Morgan fingerprint density at radius 2 is 1.89 bits per heavy atom. The smallest absolute Gasteiger partial charge is 0.174 e. The summed E-state index contributed by atoms with van der Waals surface area (Å²) in [5.41, 5.74) is 4.92. The van der Waals surface area contributed by atoms with Crippen LogP contribution in [0, 0.1) is 23.2 Å². The minimum absolute atomic E-state index is 0.264. The summed E-state index contributed by atoms with van der Waals surface area (Å²) in [6.45, 7) is 4.36. The van der Waals surface area contributed by atoms with Crippen LogP contribution in [0.3, 0.4) is 0 Å². The summed E-state index contributed by atoms with van der Waals surface area (Å²) in [7, 11) is 1.60. The van der Waals surface area contributed by atoms with Crippen molar-refractivity contribution in [1.82, 2.24) is 0 Å². The van der Waals surface area contributed by atoms with Crippen molar-refractivity contribution in [3.8, 4) is 11.5 Å². The number of rotatable bonds is 6. The SMILES string of the molecule is COc1cc(C=Nc2cc(C)ccc2C)cc(I)c1OCc1cccc(F)c1. The van der Waals surface area contributed by atoms with Gasteiger partial charge in [0, 0.05) is 6.21 Å². The number of hydrogen-bond acceptors (Lipinski definition) is 3. The lowest BCUT2D eigenvalue weighted by Crippen LogP contribution is -2.01. The van der Waals surface area contributed by atoms with Crippen LogP contribution in [0.15, 0.2) is 59.6 Å². The number of aliphatic imine (C=N–C) groups is 1. The predicted octanol–water partition coefficient (Wildman–Crippen LogP) is 6.39. The Morgan fingerprint density at radius 3 is 2.64 bits per heavy atom. The van der Waals surface area contributed by atoms with Crippen molar-refractivity contribution in [3.05, 3.63) is 86.2 Å². The topological polar surface area (TPSA) is 30.8 Å². The monoisotopic (exact) mass is 489 g/mol. The Bertz CT molecular complexity index is 1020. The van der Waals surface area contributed by atoms with Gasteiger partial charge in [-0.2, -0.15) is 0 Å². The highest BCUT2D eigenvalue weighted by Crippen LogP contribution is 2.34. The molecule has 28 heavy (non-hydrogen) atoms. The second kappa shape index (κ2) is 9.19. The average Bonchev–Trinajstić information content (AvgIpc) is 2.67. The Labute approximate surface area is 178 Å². The van der Waals surface area contributed by atoms with E-state index in [-0.39, 0.29) is 12.4 Å². The fourth-order valence-corrected chi connectivity index (χ4v) is 3.52. The lowest BCUT2D eigenvalue weighted by molar-refractivity contribution is 0.282. The van der Waals surface area contributed by atoms with E-state index >= 15 is 0 Å². The molecule has 144 valence electrons. The molecule has 0 saturated carbocycles. The largest absolute Gasteiger partial charge is 0.493 e. The molecular weight excluding hydrogens is 468 g/mol. The van der Waals surface area contributed by atoms with E-state index in [1.54, 1.807) is 13.2 Å². The summed E-state index contributed by atoms with van der Waals surface area (Å²) in [5.74, 6) is 0.975. The molecule has 0 atom stereocenters. The quantitative estimate of drug-likeness (QED) is 0.297. The fraction of sp³-hybridized carbons (Fsp3) is 0.174. The fourth-order valence-electron chi connectivity index (χ4n) is 2.74. The molecule has 3 aromatic carbocycles. The molecule has 0 saturated heterocycles. The molecule has 0 aromatic heterocycles. The van der Waals surface area contributed by atoms with Crippen LogP contribution < -0.4 is 9.47 Å². The van der Waals surface area contributed by atoms with Crippen LogP contribution in [-0.4, -0.2) is 13.3 Å². The summed E-state index contributed by atoms with van der Waals surface area (Å²) >= 11 is 2.21. The number of nitrogens with zero attached hydrogens (tertiary/aromatic N) is 1. The van der Waals surface area contributed by atoms with Crippen LogP contribution in [0.25, 0.3) is 0 Å². The van der Waals surface area contributed by atoms with Crippen molar-refractivity contribution in [3.63, 3.8) is 0 Å². The number of halogens is 2. The predicted molar refractivity (Wildman–Crippen MR) is 120 cm³/mol. The highest BCUT2D eigenvalue weighted by Gasteiger charge is 2.12. The van der Waals surface area contributed by atoms with Gasteiger partial charge in [0.1, 0.15) is 12.4 Å². The molecular formula is C23H21FINO2. The molecule has 3 aromatic rings. The van der Waals surface area contributed by atoms with Gasteiger partial charge in [0.05, 0.1) is 16.4 Å². The van der Waals surface area contributed by atoms with Crippen molar-refractivity contribution in [2.24, 2.45) is 4.99 Å². The van der Waals surface area contributed by atoms with Gasteiger partial charge in [0.15, 0.2) is 11.5 Å². The van der Waals surface area contributed by atoms with Crippen molar-refractivity contribution in [2.75, 3.05) is 7.11 Å². The van der Waals surface area contributed by atoms with Gasteiger partial charge >= 0.3 is 0 Å². The van der Waals surface area contributed by atoms with E-state index in [0.717, 1.165) is 25.9 Å². The second-order valence-corrected chi connectivity index (χ2v) is 7.66. The lowest BCUT2D eigenvalue weighted by atomic mass is 10.1. The number of ether oxygens (including phenoxy) is 2. The summed E-state index contributed by atoms with van der Waals surface area (Å²) in [4.78, 5) is 4.62. The third kappa shape index (κ3) is 5.10. The third-order valence-corrected chi connectivity index (χ3v) is 5.04. The highest BCUT2D eigenvalue weighted by molar-refractivity contribution is 14.1. The van der Waals surface area contributed by atoms with E-state index in [9.17, 15) is 4.39 Å². The molecule has 0 amide bonds. The molecule has 5 heteroatoms. The van der Waals surface area contributed by atoms with Crippen LogP contribution in [0.1, 0.15) is 22.3 Å². The highest BCUT2D eigenvalue weighted by atomic mass is 127. The first kappa shape index (κ1) is 20.3. The molecule has 0 aliphatic heterocycles. The number of benzene rings is 3. The third-order valence-electron chi connectivity index (χ3n) is 4.24. The Balaban J connectivity index is 1.83. The zero-order chi connectivity index (χ0) is 20.1. The molecule has 0 spiro atoms. The van der Waals surface area contributed by atoms with Crippen molar-refractivity contribution in [1.29, 1.82) is 0 Å². The van der Waals surface area contributed by atoms with Gasteiger partial charge in [0.2, 0.25) is 0 Å². The van der Waals surface area contributed by atoms with E-state index in [1.807, 2.05) is 31.3 Å². The average molecular weight is 489 g/mol. The van der Waals surface area contributed by atoms with E-state index in [4.69, 9.17) is 9.47 Å². The molecule has 0 aliphatic rings. The molecule has 0 unspecified atom stereocenters. The number of aryl methyl sites for hydroxylation is 2. The first-order chi connectivity index (χ1) is 13.5. The molecule has 0 heterocycles. The number of hydrogen-bond donors (Lipinski definition) is 0. The Morgan fingerprint density at radius 1 is 1.07 bits per heavy atom. The van der Waals surface area contributed by atoms with E-state index in [0.29, 0.717) is 11.5 Å². The minimum atomic E-state index is -0.277. The standard InChI is InChI=1S/C23H21FINO2/c1-15-7-8-16(2)21(9-15)26-13-18-11-20(25)23(22(12-18)27-3)28-14-17-5-4-6-19(24)10-17/h4-13H,14H2,1-3H3. The maximum atomic E-state index is 13.4. The van der Waals surface area contributed by atoms with Gasteiger partial charge in [-0.05, 0) is 89.0 Å². The van der Waals surface area contributed by atoms with Crippen LogP contribution in [0.4, 0.5) is 10.1 Å². The van der Waals surface area contributed by atoms with Gasteiger partial charge in [-0.3, -0.25) is 4.99 Å². The molecule has 0 aliphatic carbocycles. The first-order valence-electron chi connectivity index (χ1n) is 8.82. The van der Waals surface area contributed by atoms with Crippen LogP contribution in [0.5, 0.6) is 11.5 Å². The first-order valence-corrected chi connectivity index (χ1v) is 9.90. The maximum absolute atomic E-state index is 13.4. The van der Waals surface area contributed by atoms with E-state index < -0.39 is 0 Å². The van der Waals surface area contributed by atoms with Crippen LogP contribution >= 0.6 is 22.6 Å².